The van der Waals surface area contributed by atoms with Gasteiger partial charge in [0.2, 0.25) is 5.91 Å². The van der Waals surface area contributed by atoms with Crippen molar-refractivity contribution in [2.75, 3.05) is 6.54 Å². The molecule has 2 aromatic rings. The van der Waals surface area contributed by atoms with Gasteiger partial charge in [-0.25, -0.2) is 0 Å². The Kier molecular flexibility index (Phi) is 4.39. The Morgan fingerprint density at radius 3 is 2.57 bits per heavy atom. The molecule has 0 saturated carbocycles. The second-order valence-electron chi connectivity index (χ2n) is 5.56. The van der Waals surface area contributed by atoms with Gasteiger partial charge in [-0.3, -0.25) is 9.59 Å². The Balaban J connectivity index is 1.93. The minimum atomic E-state index is -0.957. The fraction of sp³-hybridized carbons (Fsp3) is 0.294. The molecule has 1 amide bonds. The molecule has 120 valence electrons. The second-order valence-corrected chi connectivity index (χ2v) is 6.00. The minimum absolute atomic E-state index is 0.0140. The van der Waals surface area contributed by atoms with Crippen LogP contribution in [0.5, 0.6) is 0 Å². The fourth-order valence-corrected chi connectivity index (χ4v) is 3.13. The van der Waals surface area contributed by atoms with Gasteiger partial charge < -0.3 is 14.6 Å². The van der Waals surface area contributed by atoms with Crippen LogP contribution in [0.4, 0.5) is 0 Å². The van der Waals surface area contributed by atoms with E-state index in [0.717, 1.165) is 11.3 Å². The van der Waals surface area contributed by atoms with E-state index in [2.05, 4.69) is 4.57 Å². The lowest BCUT2D eigenvalue weighted by molar-refractivity contribution is -0.141. The summed E-state index contributed by atoms with van der Waals surface area (Å²) < 4.78 is 2.13. The van der Waals surface area contributed by atoms with Gasteiger partial charge in [0.05, 0.1) is 12.5 Å². The maximum atomic E-state index is 12.5. The molecule has 3 rings (SSSR count). The summed E-state index contributed by atoms with van der Waals surface area (Å²) in [6, 6.07) is 11.2. The largest absolute Gasteiger partial charge is 0.481 e. The molecule has 1 aliphatic heterocycles. The molecule has 1 aromatic heterocycles. The first-order valence-corrected chi connectivity index (χ1v) is 7.86. The van der Waals surface area contributed by atoms with Gasteiger partial charge in [0, 0.05) is 36.4 Å². The van der Waals surface area contributed by atoms with Crippen molar-refractivity contribution < 1.29 is 14.7 Å². The van der Waals surface area contributed by atoms with Gasteiger partial charge in [-0.05, 0) is 29.8 Å². The highest BCUT2D eigenvalue weighted by atomic mass is 35.5. The number of rotatable bonds is 4. The normalized spacial score (nSPS) is 16.9. The van der Waals surface area contributed by atoms with E-state index in [4.69, 9.17) is 16.7 Å². The Hall–Kier alpha value is -2.27. The van der Waals surface area contributed by atoms with Crippen molar-refractivity contribution in [1.29, 1.82) is 0 Å². The van der Waals surface area contributed by atoms with Crippen LogP contribution in [0.1, 0.15) is 30.1 Å². The lowest BCUT2D eigenvalue weighted by Crippen LogP contribution is -2.42. The number of aliphatic carboxylic acids is 1. The predicted molar refractivity (Wildman–Crippen MR) is 86.3 cm³/mol. The van der Waals surface area contributed by atoms with Gasteiger partial charge in [0.25, 0.3) is 0 Å². The van der Waals surface area contributed by atoms with E-state index in [1.165, 1.54) is 0 Å². The number of hydrogen-bond acceptors (Lipinski definition) is 2. The summed E-state index contributed by atoms with van der Waals surface area (Å²) in [5.41, 5.74) is 2.00. The molecule has 23 heavy (non-hydrogen) atoms. The number of nitrogens with zero attached hydrogens (tertiary/aromatic N) is 2. The van der Waals surface area contributed by atoms with Crippen LogP contribution >= 0.6 is 11.6 Å². The average molecular weight is 333 g/mol. The van der Waals surface area contributed by atoms with Crippen LogP contribution in [0.25, 0.3) is 0 Å². The van der Waals surface area contributed by atoms with Gasteiger partial charge in [-0.2, -0.15) is 0 Å². The number of carbonyl (C=O) groups is 2. The number of benzene rings is 1. The number of fused-ring (bicyclic) bond motifs is 1. The Labute approximate surface area is 139 Å². The molecular weight excluding hydrogens is 316 g/mol. The van der Waals surface area contributed by atoms with E-state index in [1.54, 1.807) is 17.0 Å². The third kappa shape index (κ3) is 3.24. The highest BCUT2D eigenvalue weighted by molar-refractivity contribution is 6.30. The van der Waals surface area contributed by atoms with Crippen molar-refractivity contribution in [3.63, 3.8) is 0 Å². The topological polar surface area (TPSA) is 62.5 Å². The first-order valence-electron chi connectivity index (χ1n) is 7.48. The van der Waals surface area contributed by atoms with Crippen LogP contribution in [0.15, 0.2) is 42.6 Å². The van der Waals surface area contributed by atoms with Crippen LogP contribution < -0.4 is 0 Å². The quantitative estimate of drug-likeness (QED) is 0.936. The Bertz CT molecular complexity index is 724. The third-order valence-corrected chi connectivity index (χ3v) is 4.35. The summed E-state index contributed by atoms with van der Waals surface area (Å²) in [4.78, 5) is 25.0. The van der Waals surface area contributed by atoms with E-state index in [0.29, 0.717) is 18.1 Å². The molecule has 5 nitrogen and oxygen atoms in total. The molecule has 1 atom stereocenters. The number of carboxylic acids is 1. The summed E-state index contributed by atoms with van der Waals surface area (Å²) in [5, 5.41) is 9.45. The molecule has 0 bridgehead atoms. The molecule has 1 unspecified atom stereocenters. The molecule has 1 N–H and O–H groups in total. The van der Waals surface area contributed by atoms with Crippen molar-refractivity contribution in [2.24, 2.45) is 0 Å². The van der Waals surface area contributed by atoms with Crippen molar-refractivity contribution in [3.05, 3.63) is 58.9 Å². The van der Waals surface area contributed by atoms with E-state index in [1.807, 2.05) is 30.5 Å². The van der Waals surface area contributed by atoms with Gasteiger partial charge in [-0.15, -0.1) is 0 Å². The molecular formula is C17H17ClN2O3. The number of halogens is 1. The van der Waals surface area contributed by atoms with Crippen molar-refractivity contribution in [1.82, 2.24) is 9.47 Å². The smallest absolute Gasteiger partial charge is 0.303 e. The molecule has 0 aliphatic carbocycles. The summed E-state index contributed by atoms with van der Waals surface area (Å²) in [7, 11) is 0. The van der Waals surface area contributed by atoms with E-state index in [-0.39, 0.29) is 24.8 Å². The van der Waals surface area contributed by atoms with Crippen LogP contribution in [0.2, 0.25) is 5.02 Å². The summed E-state index contributed by atoms with van der Waals surface area (Å²) in [6.07, 6.45) is 1.86. The van der Waals surface area contributed by atoms with Crippen LogP contribution in [-0.4, -0.2) is 33.0 Å². The molecule has 2 heterocycles. The highest BCUT2D eigenvalue weighted by Crippen LogP contribution is 2.33. The maximum Gasteiger partial charge on any atom is 0.303 e. The Morgan fingerprint density at radius 2 is 1.87 bits per heavy atom. The predicted octanol–water partition coefficient (Wildman–Crippen LogP) is 2.94. The Morgan fingerprint density at radius 1 is 1.13 bits per heavy atom. The number of carboxylic acid groups (broad SMARTS) is 1. The maximum absolute atomic E-state index is 12.5. The van der Waals surface area contributed by atoms with Gasteiger partial charge in [0.1, 0.15) is 0 Å². The zero-order chi connectivity index (χ0) is 16.4. The molecule has 6 heteroatoms. The van der Waals surface area contributed by atoms with E-state index in [9.17, 15) is 9.59 Å². The molecule has 0 spiro atoms. The molecule has 1 aromatic carbocycles. The van der Waals surface area contributed by atoms with Gasteiger partial charge in [-0.1, -0.05) is 23.7 Å². The number of aromatic nitrogens is 1. The SMILES string of the molecule is O=C(O)CCC(=O)N1CCn2cccc2C1c1ccc(Cl)cc1. The molecule has 0 radical (unpaired) electrons. The second kappa shape index (κ2) is 6.46. The lowest BCUT2D eigenvalue weighted by Gasteiger charge is -2.37. The van der Waals surface area contributed by atoms with Crippen molar-refractivity contribution in [2.45, 2.75) is 25.4 Å². The number of carbonyl (C=O) groups excluding carboxylic acids is 1. The first-order chi connectivity index (χ1) is 11.1. The third-order valence-electron chi connectivity index (χ3n) is 4.10. The van der Waals surface area contributed by atoms with E-state index < -0.39 is 5.97 Å². The summed E-state index contributed by atoms with van der Waals surface area (Å²) >= 11 is 5.96. The lowest BCUT2D eigenvalue weighted by atomic mass is 9.99. The van der Waals surface area contributed by atoms with Gasteiger partial charge >= 0.3 is 5.97 Å². The number of amides is 1. The average Bonchev–Trinajstić information content (AvgIpc) is 3.01. The van der Waals surface area contributed by atoms with E-state index >= 15 is 0 Å². The standard InChI is InChI=1S/C17H17ClN2O3/c18-13-5-3-12(4-6-13)17-14-2-1-9-19(14)10-11-20(17)15(21)7-8-16(22)23/h1-6,9,17H,7-8,10-11H2,(H,22,23). The van der Waals surface area contributed by atoms with Crippen LogP contribution in [0, 0.1) is 0 Å². The fourth-order valence-electron chi connectivity index (χ4n) is 3.01. The van der Waals surface area contributed by atoms with Crippen LogP contribution in [-0.2, 0) is 16.1 Å². The monoisotopic (exact) mass is 332 g/mol. The highest BCUT2D eigenvalue weighted by Gasteiger charge is 2.31. The van der Waals surface area contributed by atoms with Crippen molar-refractivity contribution >= 4 is 23.5 Å². The molecule has 1 aliphatic rings. The molecule has 0 saturated heterocycles. The zero-order valence-electron chi connectivity index (χ0n) is 12.5. The molecule has 0 fully saturated rings. The summed E-state index contributed by atoms with van der Waals surface area (Å²) in [5.74, 6) is -1.10. The first kappa shape index (κ1) is 15.6. The minimum Gasteiger partial charge on any atom is -0.481 e. The summed E-state index contributed by atoms with van der Waals surface area (Å²) in [6.45, 7) is 1.28. The number of hydrogen-bond donors (Lipinski definition) is 1. The van der Waals surface area contributed by atoms with Crippen LogP contribution in [0.3, 0.4) is 0 Å². The van der Waals surface area contributed by atoms with Crippen molar-refractivity contribution in [3.8, 4) is 0 Å². The van der Waals surface area contributed by atoms with Gasteiger partial charge in [0.15, 0.2) is 0 Å². The zero-order valence-corrected chi connectivity index (χ0v) is 13.2.